The van der Waals surface area contributed by atoms with Crippen molar-refractivity contribution < 1.29 is 14.3 Å². The molecule has 2 amide bonds. The average molecular weight is 160 g/mol. The third-order valence-corrected chi connectivity index (χ3v) is 1.30. The Kier molecular flexibility index (Phi) is 4.21. The van der Waals surface area contributed by atoms with Crippen LogP contribution in [0.25, 0.3) is 0 Å². The van der Waals surface area contributed by atoms with Gasteiger partial charge in [0.15, 0.2) is 0 Å². The molecule has 0 aromatic carbocycles. The van der Waals surface area contributed by atoms with Crippen molar-refractivity contribution in [1.82, 2.24) is 0 Å². The molecule has 0 heterocycles. The van der Waals surface area contributed by atoms with Gasteiger partial charge in [-0.05, 0) is 6.42 Å². The average Bonchev–Trinajstić information content (AvgIpc) is 1.87. The van der Waals surface area contributed by atoms with Gasteiger partial charge in [0.2, 0.25) is 11.8 Å². The maximum absolute atomic E-state index is 10.5. The van der Waals surface area contributed by atoms with Gasteiger partial charge in [-0.3, -0.25) is 9.59 Å². The highest BCUT2D eigenvalue weighted by Gasteiger charge is 2.20. The van der Waals surface area contributed by atoms with Crippen molar-refractivity contribution in [2.24, 2.45) is 17.4 Å². The Balaban J connectivity index is 3.90. The molecule has 0 saturated heterocycles. The fourth-order valence-electron chi connectivity index (χ4n) is 0.660. The summed E-state index contributed by atoms with van der Waals surface area (Å²) in [6.45, 7) is 0.302. The molecule has 0 spiro atoms. The minimum atomic E-state index is -0.907. The zero-order chi connectivity index (χ0) is 8.85. The van der Waals surface area contributed by atoms with Gasteiger partial charge in [0.25, 0.3) is 0 Å². The molecule has 0 aliphatic carbocycles. The van der Waals surface area contributed by atoms with Crippen molar-refractivity contribution in [2.75, 3.05) is 13.7 Å². The van der Waals surface area contributed by atoms with E-state index in [4.69, 9.17) is 11.5 Å². The summed E-state index contributed by atoms with van der Waals surface area (Å²) >= 11 is 0. The monoisotopic (exact) mass is 160 g/mol. The Bertz CT molecular complexity index is 144. The highest BCUT2D eigenvalue weighted by molar-refractivity contribution is 5.98. The number of amides is 2. The first kappa shape index (κ1) is 9.90. The van der Waals surface area contributed by atoms with Crippen LogP contribution >= 0.6 is 0 Å². The predicted octanol–water partition coefficient (Wildman–Crippen LogP) is -1.39. The Hall–Kier alpha value is -1.10. The number of hydrogen-bond acceptors (Lipinski definition) is 3. The van der Waals surface area contributed by atoms with Crippen LogP contribution in [-0.2, 0) is 14.3 Å². The SMILES string of the molecule is COCCC(C(N)=O)C(N)=O. The summed E-state index contributed by atoms with van der Waals surface area (Å²) in [6.07, 6.45) is 0.251. The van der Waals surface area contributed by atoms with Crippen LogP contribution in [0.1, 0.15) is 6.42 Å². The maximum Gasteiger partial charge on any atom is 0.230 e. The van der Waals surface area contributed by atoms with Crippen LogP contribution in [0, 0.1) is 5.92 Å². The molecule has 0 aliphatic rings. The van der Waals surface area contributed by atoms with Gasteiger partial charge in [0.1, 0.15) is 5.92 Å². The largest absolute Gasteiger partial charge is 0.385 e. The fraction of sp³-hybridized carbons (Fsp3) is 0.667. The smallest absolute Gasteiger partial charge is 0.230 e. The third kappa shape index (κ3) is 3.57. The molecule has 0 aromatic rings. The van der Waals surface area contributed by atoms with E-state index in [1.807, 2.05) is 0 Å². The van der Waals surface area contributed by atoms with Crippen molar-refractivity contribution in [3.8, 4) is 0 Å². The molecule has 4 N–H and O–H groups in total. The van der Waals surface area contributed by atoms with E-state index in [0.29, 0.717) is 6.61 Å². The lowest BCUT2D eigenvalue weighted by atomic mass is 10.1. The second-order valence-corrected chi connectivity index (χ2v) is 2.14. The fourth-order valence-corrected chi connectivity index (χ4v) is 0.660. The van der Waals surface area contributed by atoms with Crippen LogP contribution < -0.4 is 11.5 Å². The minimum Gasteiger partial charge on any atom is -0.385 e. The molecule has 0 aromatic heterocycles. The van der Waals surface area contributed by atoms with E-state index < -0.39 is 17.7 Å². The normalized spacial score (nSPS) is 10.0. The minimum absolute atomic E-state index is 0.251. The van der Waals surface area contributed by atoms with E-state index in [1.54, 1.807) is 0 Å². The Morgan fingerprint density at radius 2 is 1.82 bits per heavy atom. The van der Waals surface area contributed by atoms with Crippen molar-refractivity contribution in [2.45, 2.75) is 6.42 Å². The Morgan fingerprint density at radius 3 is 2.09 bits per heavy atom. The van der Waals surface area contributed by atoms with Gasteiger partial charge in [-0.15, -0.1) is 0 Å². The highest BCUT2D eigenvalue weighted by atomic mass is 16.5. The van der Waals surface area contributed by atoms with Crippen molar-refractivity contribution in [3.05, 3.63) is 0 Å². The number of hydrogen-bond donors (Lipinski definition) is 2. The molecule has 0 fully saturated rings. The van der Waals surface area contributed by atoms with Crippen LogP contribution in [0.5, 0.6) is 0 Å². The summed E-state index contributed by atoms with van der Waals surface area (Å²) in [5, 5.41) is 0. The zero-order valence-corrected chi connectivity index (χ0v) is 6.37. The van der Waals surface area contributed by atoms with Crippen LogP contribution in [0.2, 0.25) is 0 Å². The Morgan fingerprint density at radius 1 is 1.36 bits per heavy atom. The lowest BCUT2D eigenvalue weighted by Crippen LogP contribution is -2.35. The molecule has 0 radical (unpaired) electrons. The van der Waals surface area contributed by atoms with E-state index in [2.05, 4.69) is 4.74 Å². The lowest BCUT2D eigenvalue weighted by molar-refractivity contribution is -0.132. The van der Waals surface area contributed by atoms with Gasteiger partial charge in [-0.2, -0.15) is 0 Å². The van der Waals surface area contributed by atoms with E-state index in [1.165, 1.54) is 7.11 Å². The molecule has 11 heavy (non-hydrogen) atoms. The lowest BCUT2D eigenvalue weighted by Gasteiger charge is -2.06. The number of carbonyl (C=O) groups excluding carboxylic acids is 2. The number of rotatable bonds is 5. The molecule has 64 valence electrons. The molecule has 5 nitrogen and oxygen atoms in total. The summed E-state index contributed by atoms with van der Waals surface area (Å²) in [5.41, 5.74) is 9.77. The first-order chi connectivity index (χ1) is 5.09. The number of nitrogens with two attached hydrogens (primary N) is 2. The molecular weight excluding hydrogens is 148 g/mol. The number of ether oxygens (including phenoxy) is 1. The molecule has 0 saturated carbocycles. The van der Waals surface area contributed by atoms with Crippen LogP contribution in [-0.4, -0.2) is 25.5 Å². The van der Waals surface area contributed by atoms with Crippen LogP contribution in [0.15, 0.2) is 0 Å². The molecule has 5 heteroatoms. The van der Waals surface area contributed by atoms with E-state index in [9.17, 15) is 9.59 Å². The summed E-state index contributed by atoms with van der Waals surface area (Å²) in [7, 11) is 1.47. The molecule has 0 aliphatic heterocycles. The van der Waals surface area contributed by atoms with Crippen LogP contribution in [0.3, 0.4) is 0 Å². The first-order valence-corrected chi connectivity index (χ1v) is 3.17. The van der Waals surface area contributed by atoms with Crippen molar-refractivity contribution >= 4 is 11.8 Å². The van der Waals surface area contributed by atoms with E-state index in [-0.39, 0.29) is 6.42 Å². The topological polar surface area (TPSA) is 95.4 Å². The summed E-state index contributed by atoms with van der Waals surface area (Å²) < 4.78 is 4.66. The predicted molar refractivity (Wildman–Crippen MR) is 38.4 cm³/mol. The third-order valence-electron chi connectivity index (χ3n) is 1.30. The Labute approximate surface area is 64.7 Å². The maximum atomic E-state index is 10.5. The number of carbonyl (C=O) groups is 2. The highest BCUT2D eigenvalue weighted by Crippen LogP contribution is 2.00. The van der Waals surface area contributed by atoms with E-state index in [0.717, 1.165) is 0 Å². The van der Waals surface area contributed by atoms with Crippen LogP contribution in [0.4, 0.5) is 0 Å². The summed E-state index contributed by atoms with van der Waals surface area (Å²) in [5.74, 6) is -2.31. The number of primary amides is 2. The van der Waals surface area contributed by atoms with Gasteiger partial charge in [0.05, 0.1) is 0 Å². The van der Waals surface area contributed by atoms with Gasteiger partial charge >= 0.3 is 0 Å². The van der Waals surface area contributed by atoms with Crippen molar-refractivity contribution in [3.63, 3.8) is 0 Å². The quantitative estimate of drug-likeness (QED) is 0.484. The molecule has 0 bridgehead atoms. The number of methoxy groups -OCH3 is 1. The molecule has 0 unspecified atom stereocenters. The summed E-state index contributed by atoms with van der Waals surface area (Å²) in [4.78, 5) is 21.0. The van der Waals surface area contributed by atoms with Gasteiger partial charge in [-0.1, -0.05) is 0 Å². The molecule has 0 rings (SSSR count). The second-order valence-electron chi connectivity index (χ2n) is 2.14. The molecular formula is C6H12N2O3. The zero-order valence-electron chi connectivity index (χ0n) is 6.37. The standard InChI is InChI=1S/C6H12N2O3/c1-11-3-2-4(5(7)9)6(8)10/h4H,2-3H2,1H3,(H2,7,9)(H2,8,10). The second kappa shape index (κ2) is 4.68. The summed E-state index contributed by atoms with van der Waals surface area (Å²) in [6, 6.07) is 0. The van der Waals surface area contributed by atoms with Gasteiger partial charge < -0.3 is 16.2 Å². The van der Waals surface area contributed by atoms with Crippen molar-refractivity contribution in [1.29, 1.82) is 0 Å². The van der Waals surface area contributed by atoms with E-state index >= 15 is 0 Å². The van der Waals surface area contributed by atoms with Gasteiger partial charge in [0, 0.05) is 13.7 Å². The molecule has 0 atom stereocenters. The first-order valence-electron chi connectivity index (χ1n) is 3.17. The van der Waals surface area contributed by atoms with Gasteiger partial charge in [-0.25, -0.2) is 0 Å².